The number of rotatable bonds is 2. The van der Waals surface area contributed by atoms with Crippen molar-refractivity contribution in [3.05, 3.63) is 46.7 Å². The number of nitrogens with two attached hydrogens (primary N) is 1. The number of aromatic nitrogens is 2. The van der Waals surface area contributed by atoms with Crippen LogP contribution in [-0.4, -0.2) is 58.1 Å². The summed E-state index contributed by atoms with van der Waals surface area (Å²) >= 11 is 0.867. The van der Waals surface area contributed by atoms with Gasteiger partial charge in [-0.05, 0) is 31.0 Å². The molecule has 0 bridgehead atoms. The predicted octanol–water partition coefficient (Wildman–Crippen LogP) is 4.21. The summed E-state index contributed by atoms with van der Waals surface area (Å²) in [5, 5.41) is 17.4. The molecule has 1 saturated heterocycles. The topological polar surface area (TPSA) is 126 Å². The number of alkyl halides is 3. The summed E-state index contributed by atoms with van der Waals surface area (Å²) in [6.45, 7) is 1.79. The molecule has 9 nitrogen and oxygen atoms in total. The molecule has 4 aromatic rings. The second kappa shape index (κ2) is 9.38. The number of nitrogen functional groups attached to an aromatic ring is 1. The van der Waals surface area contributed by atoms with Crippen LogP contribution in [0.15, 0.2) is 18.2 Å². The van der Waals surface area contributed by atoms with E-state index in [1.807, 2.05) is 6.07 Å². The van der Waals surface area contributed by atoms with Gasteiger partial charge in [0.15, 0.2) is 6.23 Å². The van der Waals surface area contributed by atoms with Gasteiger partial charge in [-0.1, -0.05) is 6.07 Å². The number of thiophene rings is 1. The number of piperazine rings is 1. The Kier molecular flexibility index (Phi) is 6.16. The summed E-state index contributed by atoms with van der Waals surface area (Å²) in [5.41, 5.74) is 6.71. The van der Waals surface area contributed by atoms with E-state index in [1.165, 1.54) is 15.6 Å². The summed E-state index contributed by atoms with van der Waals surface area (Å²) in [6, 6.07) is 4.48. The lowest BCUT2D eigenvalue weighted by molar-refractivity contribution is -0.210. The van der Waals surface area contributed by atoms with Gasteiger partial charge in [-0.15, -0.1) is 11.3 Å². The maximum atomic E-state index is 16.1. The first-order valence-electron chi connectivity index (χ1n) is 12.3. The van der Waals surface area contributed by atoms with Crippen LogP contribution < -0.4 is 11.1 Å². The number of aryl methyl sites for hydroxylation is 2. The zero-order chi connectivity index (χ0) is 29.4. The Morgan fingerprint density at radius 1 is 1.22 bits per heavy atom. The van der Waals surface area contributed by atoms with Crippen molar-refractivity contribution in [3.8, 4) is 17.2 Å². The minimum atomic E-state index is -5.22. The lowest BCUT2D eigenvalue weighted by atomic mass is 9.92. The number of nitrogens with one attached hydrogen (secondary N) is 1. The molecule has 0 saturated carbocycles. The summed E-state index contributed by atoms with van der Waals surface area (Å²) in [7, 11) is 0. The van der Waals surface area contributed by atoms with Crippen LogP contribution in [-0.2, 0) is 16.1 Å². The van der Waals surface area contributed by atoms with E-state index in [1.54, 1.807) is 6.92 Å². The average molecular weight is 591 g/mol. The highest BCUT2D eigenvalue weighted by molar-refractivity contribution is 7.23. The Morgan fingerprint density at radius 2 is 1.98 bits per heavy atom. The first-order chi connectivity index (χ1) is 19.4. The molecular formula is C26H19F5N6O3S. The molecule has 3 N–H and O–H groups in total. The number of anilines is 1. The number of ether oxygens (including phenoxy) is 1. The first-order valence-corrected chi connectivity index (χ1v) is 13.2. The van der Waals surface area contributed by atoms with Crippen molar-refractivity contribution in [2.75, 3.05) is 18.8 Å². The van der Waals surface area contributed by atoms with E-state index in [9.17, 15) is 32.4 Å². The number of nitriles is 1. The van der Waals surface area contributed by atoms with Crippen molar-refractivity contribution >= 4 is 49.2 Å². The van der Waals surface area contributed by atoms with Crippen molar-refractivity contribution < 1.29 is 36.3 Å². The maximum absolute atomic E-state index is 16.1. The maximum Gasteiger partial charge on any atom is 0.490 e. The van der Waals surface area contributed by atoms with E-state index in [4.69, 9.17) is 5.73 Å². The number of hydrogen-bond donors (Lipinski definition) is 2. The van der Waals surface area contributed by atoms with Crippen molar-refractivity contribution in [1.29, 1.82) is 5.26 Å². The smallest absolute Gasteiger partial charge is 0.438 e. The SMILES string of the molecule is Cc1nn2c3c(cc(F)c(-c4ccc(F)c5sc(N)c(C#N)c45)c13)C(=O)N1CCNC(OC(=O)C(F)(F)F)[C@@H]1CC2. The van der Waals surface area contributed by atoms with E-state index >= 15 is 4.39 Å². The lowest BCUT2D eigenvalue weighted by Crippen LogP contribution is -2.62. The number of halogens is 5. The van der Waals surface area contributed by atoms with Crippen molar-refractivity contribution in [2.45, 2.75) is 38.3 Å². The van der Waals surface area contributed by atoms with E-state index in [-0.39, 0.29) is 74.3 Å². The molecule has 1 amide bonds. The van der Waals surface area contributed by atoms with Crippen LogP contribution in [0.2, 0.25) is 0 Å². The number of carbonyl (C=O) groups excluding carboxylic acids is 2. The van der Waals surface area contributed by atoms with Gasteiger partial charge in [-0.2, -0.15) is 23.5 Å². The van der Waals surface area contributed by atoms with Crippen LogP contribution in [0, 0.1) is 29.9 Å². The lowest BCUT2D eigenvalue weighted by Gasteiger charge is -2.42. The van der Waals surface area contributed by atoms with Gasteiger partial charge in [0.2, 0.25) is 0 Å². The molecule has 0 spiro atoms. The Hall–Kier alpha value is -4.29. The van der Waals surface area contributed by atoms with Gasteiger partial charge in [0.25, 0.3) is 5.91 Å². The van der Waals surface area contributed by atoms with Gasteiger partial charge in [0.05, 0.1) is 33.1 Å². The van der Waals surface area contributed by atoms with Gasteiger partial charge < -0.3 is 15.4 Å². The monoisotopic (exact) mass is 590 g/mol. The van der Waals surface area contributed by atoms with E-state index in [0.29, 0.717) is 5.69 Å². The van der Waals surface area contributed by atoms with Crippen LogP contribution in [0.1, 0.15) is 28.0 Å². The van der Waals surface area contributed by atoms with Crippen molar-refractivity contribution in [1.82, 2.24) is 20.0 Å². The van der Waals surface area contributed by atoms with Gasteiger partial charge in [-0.3, -0.25) is 14.8 Å². The van der Waals surface area contributed by atoms with Crippen molar-refractivity contribution in [2.24, 2.45) is 0 Å². The van der Waals surface area contributed by atoms with Gasteiger partial charge in [-0.25, -0.2) is 13.6 Å². The Balaban J connectivity index is 1.53. The fraction of sp³-hybridized carbons (Fsp3) is 0.308. The number of hydrogen-bond acceptors (Lipinski definition) is 8. The van der Waals surface area contributed by atoms with Gasteiger partial charge in [0.1, 0.15) is 22.7 Å². The average Bonchev–Trinajstić information content (AvgIpc) is 3.43. The third-order valence-electron chi connectivity index (χ3n) is 7.38. The van der Waals surface area contributed by atoms with Crippen molar-refractivity contribution in [3.63, 3.8) is 0 Å². The molecule has 1 unspecified atom stereocenters. The molecule has 2 aliphatic rings. The van der Waals surface area contributed by atoms with E-state index in [0.717, 1.165) is 23.5 Å². The molecule has 1 fully saturated rings. The zero-order valence-corrected chi connectivity index (χ0v) is 21.9. The van der Waals surface area contributed by atoms with Gasteiger partial charge >= 0.3 is 12.1 Å². The Labute approximate surface area is 231 Å². The molecule has 6 rings (SSSR count). The number of nitrogens with zero attached hydrogens (tertiary/aromatic N) is 4. The molecule has 15 heteroatoms. The molecule has 2 aromatic carbocycles. The number of fused-ring (bicyclic) bond motifs is 2. The molecule has 4 heterocycles. The zero-order valence-electron chi connectivity index (χ0n) is 21.1. The van der Waals surface area contributed by atoms with Crippen LogP contribution in [0.25, 0.3) is 32.1 Å². The number of amides is 1. The third kappa shape index (κ3) is 4.08. The van der Waals surface area contributed by atoms with Crippen LogP contribution in [0.4, 0.5) is 27.0 Å². The summed E-state index contributed by atoms with van der Waals surface area (Å²) < 4.78 is 75.8. The molecule has 2 aromatic heterocycles. The van der Waals surface area contributed by atoms with Crippen LogP contribution in [0.3, 0.4) is 0 Å². The highest BCUT2D eigenvalue weighted by Crippen LogP contribution is 2.45. The summed E-state index contributed by atoms with van der Waals surface area (Å²) in [6.07, 6.45) is -6.60. The Morgan fingerprint density at radius 3 is 2.68 bits per heavy atom. The fourth-order valence-electron chi connectivity index (χ4n) is 5.70. The number of carbonyl (C=O) groups is 2. The summed E-state index contributed by atoms with van der Waals surface area (Å²) in [5.74, 6) is -4.55. The quantitative estimate of drug-likeness (QED) is 0.265. The largest absolute Gasteiger partial charge is 0.490 e. The minimum Gasteiger partial charge on any atom is -0.438 e. The molecular weight excluding hydrogens is 571 g/mol. The number of esters is 1. The molecule has 212 valence electrons. The normalized spacial score (nSPS) is 19.1. The molecule has 2 atom stereocenters. The molecule has 0 radical (unpaired) electrons. The first kappa shape index (κ1) is 26.9. The second-order valence-corrected chi connectivity index (χ2v) is 10.7. The third-order valence-corrected chi connectivity index (χ3v) is 8.41. The van der Waals surface area contributed by atoms with E-state index in [2.05, 4.69) is 15.2 Å². The molecule has 2 aliphatic heterocycles. The van der Waals surface area contributed by atoms with E-state index < -0.39 is 42.0 Å². The Bertz CT molecular complexity index is 1820. The van der Waals surface area contributed by atoms with Crippen LogP contribution >= 0.6 is 11.3 Å². The summed E-state index contributed by atoms with van der Waals surface area (Å²) in [4.78, 5) is 26.7. The molecule has 0 aliphatic carbocycles. The molecule has 41 heavy (non-hydrogen) atoms. The fourth-order valence-corrected chi connectivity index (χ4v) is 6.65. The number of benzene rings is 2. The highest BCUT2D eigenvalue weighted by atomic mass is 32.1. The second-order valence-electron chi connectivity index (χ2n) is 9.70. The highest BCUT2D eigenvalue weighted by Gasteiger charge is 2.46. The predicted molar refractivity (Wildman–Crippen MR) is 138 cm³/mol. The van der Waals surface area contributed by atoms with Gasteiger partial charge in [0, 0.05) is 36.0 Å². The standard InChI is InChI=1S/C26H19F5N6O3S/c1-10-17-19(11-2-3-14(27)21-18(11)13(9-32)22(33)41-21)15(28)8-12-20(17)37(35-10)6-4-16-23(40-25(39)26(29,30)31)34-5-7-36(16)24(12)38/h2-3,8,16,23,34H,4-7,33H2,1H3/t16-,23?/m0/s1. The van der Waals surface area contributed by atoms with Crippen LogP contribution in [0.5, 0.6) is 0 Å². The minimum absolute atomic E-state index is 0.00136.